The van der Waals surface area contributed by atoms with Gasteiger partial charge in [0.15, 0.2) is 0 Å². The first-order valence-electron chi connectivity index (χ1n) is 7.01. The van der Waals surface area contributed by atoms with Gasteiger partial charge in [0, 0.05) is 28.2 Å². The van der Waals surface area contributed by atoms with Crippen molar-refractivity contribution in [3.8, 4) is 10.6 Å². The lowest BCUT2D eigenvalue weighted by Gasteiger charge is -2.02. The summed E-state index contributed by atoms with van der Waals surface area (Å²) in [5.74, 6) is 0. The van der Waals surface area contributed by atoms with Gasteiger partial charge < -0.3 is 0 Å². The fourth-order valence-electron chi connectivity index (χ4n) is 1.94. The van der Waals surface area contributed by atoms with Crippen molar-refractivity contribution in [2.75, 3.05) is 0 Å². The Morgan fingerprint density at radius 2 is 2.13 bits per heavy atom. The number of nitrogens with one attached hydrogen (secondary N) is 1. The Bertz CT molecular complexity index is 886. The van der Waals surface area contributed by atoms with E-state index in [0.29, 0.717) is 9.90 Å². The summed E-state index contributed by atoms with van der Waals surface area (Å²) in [6, 6.07) is 7.27. The van der Waals surface area contributed by atoms with Crippen LogP contribution in [0, 0.1) is 0 Å². The second-order valence-corrected chi connectivity index (χ2v) is 8.80. The first kappa shape index (κ1) is 16.3. The molecule has 3 rings (SSSR count). The van der Waals surface area contributed by atoms with Crippen molar-refractivity contribution in [3.63, 3.8) is 0 Å². The standard InChI is InChI=1S/C15H15N3O2S3/c1-2-13-5-6-14(22-13)23(19,20)17-9-12-10-21-15(18-12)11-4-3-7-16-8-11/h3-8,10,17H,2,9H2,1H3. The van der Waals surface area contributed by atoms with Crippen molar-refractivity contribution in [1.82, 2.24) is 14.7 Å². The van der Waals surface area contributed by atoms with Crippen molar-refractivity contribution in [1.29, 1.82) is 0 Å². The Hall–Kier alpha value is -1.61. The third kappa shape index (κ3) is 3.84. The molecule has 3 aromatic rings. The van der Waals surface area contributed by atoms with E-state index in [2.05, 4.69) is 14.7 Å². The summed E-state index contributed by atoms with van der Waals surface area (Å²) in [6.45, 7) is 2.18. The van der Waals surface area contributed by atoms with Crippen LogP contribution in [0.25, 0.3) is 10.6 Å². The molecule has 0 bridgehead atoms. The molecule has 0 saturated carbocycles. The molecule has 5 nitrogen and oxygen atoms in total. The molecule has 8 heteroatoms. The average Bonchev–Trinajstić information content (AvgIpc) is 3.23. The molecule has 3 aromatic heterocycles. The van der Waals surface area contributed by atoms with Crippen LogP contribution in [0.1, 0.15) is 17.5 Å². The fraction of sp³-hybridized carbons (Fsp3) is 0.200. The van der Waals surface area contributed by atoms with E-state index in [-0.39, 0.29) is 6.54 Å². The molecule has 0 spiro atoms. The highest BCUT2D eigenvalue weighted by atomic mass is 32.2. The van der Waals surface area contributed by atoms with Gasteiger partial charge in [-0.15, -0.1) is 22.7 Å². The highest BCUT2D eigenvalue weighted by Gasteiger charge is 2.17. The molecule has 0 aliphatic rings. The number of aromatic nitrogens is 2. The number of nitrogens with zero attached hydrogens (tertiary/aromatic N) is 2. The van der Waals surface area contributed by atoms with Gasteiger partial charge in [0.25, 0.3) is 0 Å². The molecule has 0 aromatic carbocycles. The van der Waals surface area contributed by atoms with Gasteiger partial charge in [-0.1, -0.05) is 6.92 Å². The number of rotatable bonds is 6. The van der Waals surface area contributed by atoms with E-state index >= 15 is 0 Å². The van der Waals surface area contributed by atoms with E-state index in [9.17, 15) is 8.42 Å². The molecule has 0 saturated heterocycles. The van der Waals surface area contributed by atoms with Crippen LogP contribution in [0.2, 0.25) is 0 Å². The number of aryl methyl sites for hydroxylation is 1. The monoisotopic (exact) mass is 365 g/mol. The number of sulfonamides is 1. The van der Waals surface area contributed by atoms with Crippen LogP contribution in [-0.4, -0.2) is 18.4 Å². The Morgan fingerprint density at radius 1 is 1.26 bits per heavy atom. The highest BCUT2D eigenvalue weighted by Crippen LogP contribution is 2.24. The molecule has 0 amide bonds. The minimum Gasteiger partial charge on any atom is -0.264 e. The minimum atomic E-state index is -3.48. The molecular formula is C15H15N3O2S3. The predicted molar refractivity (Wildman–Crippen MR) is 93.1 cm³/mol. The highest BCUT2D eigenvalue weighted by molar-refractivity contribution is 7.91. The van der Waals surface area contributed by atoms with E-state index in [4.69, 9.17) is 0 Å². The van der Waals surface area contributed by atoms with Gasteiger partial charge in [0.2, 0.25) is 10.0 Å². The van der Waals surface area contributed by atoms with Crippen molar-refractivity contribution in [2.24, 2.45) is 0 Å². The van der Waals surface area contributed by atoms with Crippen LogP contribution in [-0.2, 0) is 23.0 Å². The van der Waals surface area contributed by atoms with Crippen LogP contribution >= 0.6 is 22.7 Å². The molecule has 0 fully saturated rings. The molecule has 120 valence electrons. The molecule has 0 aliphatic carbocycles. The zero-order valence-electron chi connectivity index (χ0n) is 12.4. The molecule has 1 N–H and O–H groups in total. The van der Waals surface area contributed by atoms with Crippen molar-refractivity contribution in [2.45, 2.75) is 24.1 Å². The average molecular weight is 366 g/mol. The summed E-state index contributed by atoms with van der Waals surface area (Å²) >= 11 is 2.77. The second-order valence-electron chi connectivity index (χ2n) is 4.78. The summed E-state index contributed by atoms with van der Waals surface area (Å²) in [5.41, 5.74) is 1.63. The van der Waals surface area contributed by atoms with E-state index in [1.807, 2.05) is 30.5 Å². The maximum atomic E-state index is 12.3. The fourth-order valence-corrected chi connectivity index (χ4v) is 5.09. The largest absolute Gasteiger partial charge is 0.264 e. The maximum Gasteiger partial charge on any atom is 0.250 e. The van der Waals surface area contributed by atoms with E-state index in [1.54, 1.807) is 18.5 Å². The van der Waals surface area contributed by atoms with Gasteiger partial charge in [0.1, 0.15) is 9.22 Å². The predicted octanol–water partition coefficient (Wildman–Crippen LogP) is 3.31. The first-order chi connectivity index (χ1) is 11.1. The summed E-state index contributed by atoms with van der Waals surface area (Å²) < 4.78 is 27.5. The zero-order chi connectivity index (χ0) is 16.3. The van der Waals surface area contributed by atoms with E-state index in [0.717, 1.165) is 21.9 Å². The molecule has 0 radical (unpaired) electrons. The molecule has 0 aliphatic heterocycles. The van der Waals surface area contributed by atoms with Crippen LogP contribution < -0.4 is 4.72 Å². The third-order valence-electron chi connectivity index (χ3n) is 3.15. The quantitative estimate of drug-likeness (QED) is 0.727. The Balaban J connectivity index is 1.70. The number of hydrogen-bond donors (Lipinski definition) is 1. The maximum absolute atomic E-state index is 12.3. The van der Waals surface area contributed by atoms with Gasteiger partial charge in [-0.3, -0.25) is 4.98 Å². The Kier molecular flexibility index (Phi) is 4.86. The lowest BCUT2D eigenvalue weighted by molar-refractivity contribution is 0.583. The van der Waals surface area contributed by atoms with Crippen molar-refractivity contribution in [3.05, 3.63) is 52.6 Å². The lowest BCUT2D eigenvalue weighted by atomic mass is 10.3. The normalized spacial score (nSPS) is 11.7. The summed E-state index contributed by atoms with van der Waals surface area (Å²) in [4.78, 5) is 9.57. The van der Waals surface area contributed by atoms with Crippen LogP contribution in [0.5, 0.6) is 0 Å². The molecular weight excluding hydrogens is 350 g/mol. The SMILES string of the molecule is CCc1ccc(S(=O)(=O)NCc2csc(-c3cccnc3)n2)s1. The minimum absolute atomic E-state index is 0.179. The molecule has 3 heterocycles. The van der Waals surface area contributed by atoms with Gasteiger partial charge in [-0.25, -0.2) is 18.1 Å². The van der Waals surface area contributed by atoms with Crippen LogP contribution in [0.4, 0.5) is 0 Å². The number of thiazole rings is 1. The summed E-state index contributed by atoms with van der Waals surface area (Å²) in [6.07, 6.45) is 4.28. The third-order valence-corrected chi connectivity index (χ3v) is 7.22. The number of thiophene rings is 1. The second kappa shape index (κ2) is 6.88. The van der Waals surface area contributed by atoms with Gasteiger partial charge in [0.05, 0.1) is 12.2 Å². The number of pyridine rings is 1. The topological polar surface area (TPSA) is 72.0 Å². The molecule has 0 unspecified atom stereocenters. The Labute approximate surface area is 143 Å². The van der Waals surface area contributed by atoms with Crippen LogP contribution in [0.15, 0.2) is 46.2 Å². The first-order valence-corrected chi connectivity index (χ1v) is 10.2. The van der Waals surface area contributed by atoms with Gasteiger partial charge in [-0.2, -0.15) is 0 Å². The van der Waals surface area contributed by atoms with E-state index < -0.39 is 10.0 Å². The van der Waals surface area contributed by atoms with E-state index in [1.165, 1.54) is 22.7 Å². The smallest absolute Gasteiger partial charge is 0.250 e. The lowest BCUT2D eigenvalue weighted by Crippen LogP contribution is -2.22. The zero-order valence-corrected chi connectivity index (χ0v) is 14.8. The van der Waals surface area contributed by atoms with Crippen LogP contribution in [0.3, 0.4) is 0 Å². The Morgan fingerprint density at radius 3 is 2.83 bits per heavy atom. The van der Waals surface area contributed by atoms with Crippen molar-refractivity contribution >= 4 is 32.7 Å². The molecule has 23 heavy (non-hydrogen) atoms. The summed E-state index contributed by atoms with van der Waals surface area (Å²) in [5, 5.41) is 2.69. The van der Waals surface area contributed by atoms with Gasteiger partial charge >= 0.3 is 0 Å². The summed E-state index contributed by atoms with van der Waals surface area (Å²) in [7, 11) is -3.48. The van der Waals surface area contributed by atoms with Crippen molar-refractivity contribution < 1.29 is 8.42 Å². The number of hydrogen-bond acceptors (Lipinski definition) is 6. The molecule has 0 atom stereocenters. The van der Waals surface area contributed by atoms with Gasteiger partial charge in [-0.05, 0) is 30.7 Å².